The van der Waals surface area contributed by atoms with Gasteiger partial charge in [-0.25, -0.2) is 4.39 Å². The maximum atomic E-state index is 13.8. The number of anilines is 1. The van der Waals surface area contributed by atoms with Crippen LogP contribution >= 0.6 is 0 Å². The minimum Gasteiger partial charge on any atom is -0.399 e. The first-order valence-corrected chi connectivity index (χ1v) is 7.86. The zero-order valence-electron chi connectivity index (χ0n) is 11.3. The van der Waals surface area contributed by atoms with E-state index in [0.717, 1.165) is 10.8 Å². The van der Waals surface area contributed by atoms with Crippen molar-refractivity contribution in [2.75, 3.05) is 5.73 Å². The Morgan fingerprint density at radius 3 is 2.48 bits per heavy atom. The highest BCUT2D eigenvalue weighted by molar-refractivity contribution is 7.84. The number of rotatable bonds is 3. The Labute approximate surface area is 124 Å². The fraction of sp³-hybridized carbons (Fsp3) is 0.0588. The van der Waals surface area contributed by atoms with Crippen molar-refractivity contribution in [1.29, 1.82) is 0 Å². The van der Waals surface area contributed by atoms with Gasteiger partial charge in [0.2, 0.25) is 0 Å². The predicted octanol–water partition coefficient (Wildman–Crippen LogP) is 3.87. The van der Waals surface area contributed by atoms with Crippen molar-refractivity contribution in [3.05, 3.63) is 72.0 Å². The summed E-state index contributed by atoms with van der Waals surface area (Å²) in [5.41, 5.74) is 6.30. The van der Waals surface area contributed by atoms with E-state index in [-0.39, 0.29) is 5.75 Å². The minimum atomic E-state index is -1.29. The van der Waals surface area contributed by atoms with Crippen molar-refractivity contribution in [3.8, 4) is 0 Å². The zero-order valence-corrected chi connectivity index (χ0v) is 12.1. The average molecular weight is 299 g/mol. The summed E-state index contributed by atoms with van der Waals surface area (Å²) in [4.78, 5) is 0.699. The first-order chi connectivity index (χ1) is 10.1. The highest BCUT2D eigenvalue weighted by atomic mass is 32.2. The van der Waals surface area contributed by atoms with Gasteiger partial charge in [-0.15, -0.1) is 0 Å². The second-order valence-electron chi connectivity index (χ2n) is 4.85. The standard InChI is InChI=1S/C17H14FNOS/c18-17-10-15(19)7-5-14(17)11-21(20)16-8-6-12-3-1-2-4-13(12)9-16/h1-10H,11,19H2. The average Bonchev–Trinajstić information content (AvgIpc) is 2.49. The summed E-state index contributed by atoms with van der Waals surface area (Å²) in [5.74, 6) is -0.270. The third-order valence-corrected chi connectivity index (χ3v) is 4.70. The van der Waals surface area contributed by atoms with Gasteiger partial charge in [0.05, 0.1) is 16.6 Å². The quantitative estimate of drug-likeness (QED) is 0.746. The smallest absolute Gasteiger partial charge is 0.129 e. The van der Waals surface area contributed by atoms with E-state index in [1.807, 2.05) is 42.5 Å². The molecule has 0 spiro atoms. The monoisotopic (exact) mass is 299 g/mol. The van der Waals surface area contributed by atoms with E-state index in [4.69, 9.17) is 5.73 Å². The molecule has 3 aromatic rings. The van der Waals surface area contributed by atoms with Gasteiger partial charge in [-0.1, -0.05) is 36.4 Å². The van der Waals surface area contributed by atoms with Crippen LogP contribution in [0.15, 0.2) is 65.6 Å². The summed E-state index contributed by atoms with van der Waals surface area (Å²) in [6.45, 7) is 0. The minimum absolute atomic E-state index is 0.143. The number of halogens is 1. The van der Waals surface area contributed by atoms with Gasteiger partial charge < -0.3 is 5.73 Å². The summed E-state index contributed by atoms with van der Waals surface area (Å²) in [7, 11) is -1.29. The molecule has 106 valence electrons. The maximum Gasteiger partial charge on any atom is 0.129 e. The fourth-order valence-corrected chi connectivity index (χ4v) is 3.38. The lowest BCUT2D eigenvalue weighted by Crippen LogP contribution is -2.00. The van der Waals surface area contributed by atoms with Crippen LogP contribution in [-0.4, -0.2) is 4.21 Å². The molecular formula is C17H14FNOS. The van der Waals surface area contributed by atoms with Crippen LogP contribution in [-0.2, 0) is 16.6 Å². The van der Waals surface area contributed by atoms with Gasteiger partial charge in [-0.3, -0.25) is 4.21 Å². The second kappa shape index (κ2) is 5.66. The molecule has 1 atom stereocenters. The van der Waals surface area contributed by atoms with Crippen LogP contribution in [0.2, 0.25) is 0 Å². The molecule has 2 nitrogen and oxygen atoms in total. The molecule has 3 rings (SSSR count). The zero-order chi connectivity index (χ0) is 14.8. The fourth-order valence-electron chi connectivity index (χ4n) is 2.21. The second-order valence-corrected chi connectivity index (χ2v) is 6.30. The Hall–Kier alpha value is -2.20. The predicted molar refractivity (Wildman–Crippen MR) is 84.9 cm³/mol. The molecule has 0 saturated heterocycles. The van der Waals surface area contributed by atoms with Crippen molar-refractivity contribution < 1.29 is 8.60 Å². The maximum absolute atomic E-state index is 13.8. The van der Waals surface area contributed by atoms with Crippen LogP contribution in [0.4, 0.5) is 10.1 Å². The molecule has 0 fully saturated rings. The SMILES string of the molecule is Nc1ccc(CS(=O)c2ccc3ccccc3c2)c(F)c1. The van der Waals surface area contributed by atoms with Crippen LogP contribution in [0.5, 0.6) is 0 Å². The molecule has 0 heterocycles. The Morgan fingerprint density at radius 2 is 1.71 bits per heavy atom. The van der Waals surface area contributed by atoms with Gasteiger partial charge in [-0.05, 0) is 35.0 Å². The normalized spacial score (nSPS) is 12.4. The number of hydrogen-bond donors (Lipinski definition) is 1. The summed E-state index contributed by atoms with van der Waals surface area (Å²) in [5, 5.41) is 2.12. The van der Waals surface area contributed by atoms with Gasteiger partial charge in [0.15, 0.2) is 0 Å². The molecule has 4 heteroatoms. The van der Waals surface area contributed by atoms with E-state index >= 15 is 0 Å². The molecule has 0 amide bonds. The number of nitrogen functional groups attached to an aromatic ring is 1. The van der Waals surface area contributed by atoms with Crippen LogP contribution in [0.25, 0.3) is 10.8 Å². The third-order valence-electron chi connectivity index (χ3n) is 3.35. The highest BCUT2D eigenvalue weighted by Crippen LogP contribution is 2.21. The lowest BCUT2D eigenvalue weighted by molar-refractivity contribution is 0.616. The number of nitrogens with two attached hydrogens (primary N) is 1. The topological polar surface area (TPSA) is 43.1 Å². The molecule has 0 aliphatic carbocycles. The third kappa shape index (κ3) is 2.95. The molecule has 21 heavy (non-hydrogen) atoms. The molecular weight excluding hydrogens is 285 g/mol. The van der Waals surface area contributed by atoms with Gasteiger partial charge in [-0.2, -0.15) is 0 Å². The Kier molecular flexibility index (Phi) is 3.71. The van der Waals surface area contributed by atoms with E-state index < -0.39 is 16.6 Å². The Bertz CT molecular complexity index is 832. The lowest BCUT2D eigenvalue weighted by atomic mass is 10.1. The molecule has 0 aliphatic rings. The highest BCUT2D eigenvalue weighted by Gasteiger charge is 2.10. The molecule has 3 aromatic carbocycles. The van der Waals surface area contributed by atoms with E-state index in [0.29, 0.717) is 16.1 Å². The molecule has 0 aromatic heterocycles. The van der Waals surface area contributed by atoms with Crippen molar-refractivity contribution in [1.82, 2.24) is 0 Å². The molecule has 1 unspecified atom stereocenters. The molecule has 0 radical (unpaired) electrons. The number of benzene rings is 3. The summed E-state index contributed by atoms with van der Waals surface area (Å²) >= 11 is 0. The van der Waals surface area contributed by atoms with Crippen molar-refractivity contribution >= 4 is 27.3 Å². The van der Waals surface area contributed by atoms with Gasteiger partial charge in [0.1, 0.15) is 5.82 Å². The first kappa shape index (κ1) is 13.8. The van der Waals surface area contributed by atoms with Crippen LogP contribution in [0, 0.1) is 5.82 Å². The lowest BCUT2D eigenvalue weighted by Gasteiger charge is -2.06. The van der Waals surface area contributed by atoms with Crippen LogP contribution in [0.1, 0.15) is 5.56 Å². The summed E-state index contributed by atoms with van der Waals surface area (Å²) < 4.78 is 26.2. The number of fused-ring (bicyclic) bond motifs is 1. The molecule has 0 aliphatic heterocycles. The van der Waals surface area contributed by atoms with E-state index in [1.54, 1.807) is 12.1 Å². The largest absolute Gasteiger partial charge is 0.399 e. The molecule has 0 saturated carbocycles. The van der Waals surface area contributed by atoms with Gasteiger partial charge in [0, 0.05) is 16.1 Å². The van der Waals surface area contributed by atoms with Crippen molar-refractivity contribution in [2.24, 2.45) is 0 Å². The van der Waals surface area contributed by atoms with E-state index in [1.165, 1.54) is 6.07 Å². The van der Waals surface area contributed by atoms with E-state index in [9.17, 15) is 8.60 Å². The Morgan fingerprint density at radius 1 is 0.952 bits per heavy atom. The summed E-state index contributed by atoms with van der Waals surface area (Å²) in [6, 6.07) is 18.0. The van der Waals surface area contributed by atoms with Gasteiger partial charge in [0.25, 0.3) is 0 Å². The van der Waals surface area contributed by atoms with Crippen molar-refractivity contribution in [2.45, 2.75) is 10.6 Å². The van der Waals surface area contributed by atoms with Crippen LogP contribution < -0.4 is 5.73 Å². The molecule has 2 N–H and O–H groups in total. The molecule has 0 bridgehead atoms. The Balaban J connectivity index is 1.89. The van der Waals surface area contributed by atoms with Crippen molar-refractivity contribution in [3.63, 3.8) is 0 Å². The summed E-state index contributed by atoms with van der Waals surface area (Å²) in [6.07, 6.45) is 0. The van der Waals surface area contributed by atoms with E-state index in [2.05, 4.69) is 0 Å². The first-order valence-electron chi connectivity index (χ1n) is 6.54. The van der Waals surface area contributed by atoms with Gasteiger partial charge >= 0.3 is 0 Å². The number of hydrogen-bond acceptors (Lipinski definition) is 2. The van der Waals surface area contributed by atoms with Crippen LogP contribution in [0.3, 0.4) is 0 Å².